The van der Waals surface area contributed by atoms with Gasteiger partial charge < -0.3 is 35.6 Å². The van der Waals surface area contributed by atoms with Crippen molar-refractivity contribution in [3.63, 3.8) is 0 Å². The normalized spacial score (nSPS) is 15.2. The number of rotatable bonds is 11. The summed E-state index contributed by atoms with van der Waals surface area (Å²) in [5, 5.41) is 35.0. The molecule has 0 saturated carbocycles. The Morgan fingerprint density at radius 1 is 1.16 bits per heavy atom. The van der Waals surface area contributed by atoms with Crippen LogP contribution in [0, 0.1) is 0 Å². The summed E-state index contributed by atoms with van der Waals surface area (Å²) < 4.78 is 5.62. The molecule has 1 fully saturated rings. The molecule has 0 bridgehead atoms. The van der Waals surface area contributed by atoms with E-state index < -0.39 is 6.10 Å². The van der Waals surface area contributed by atoms with Crippen LogP contribution in [0.3, 0.4) is 0 Å². The topological polar surface area (TPSA) is 123 Å². The molecule has 0 amide bonds. The predicted molar refractivity (Wildman–Crippen MR) is 121 cm³/mol. The van der Waals surface area contributed by atoms with Crippen LogP contribution in [0.4, 0.5) is 17.3 Å². The van der Waals surface area contributed by atoms with Crippen molar-refractivity contribution in [1.82, 2.24) is 9.97 Å². The molecule has 31 heavy (non-hydrogen) atoms. The molecule has 1 unspecified atom stereocenters. The molecule has 1 aliphatic rings. The Kier molecular flexibility index (Phi) is 7.89. The zero-order chi connectivity index (χ0) is 22.4. The second-order valence-electron chi connectivity index (χ2n) is 8.29. The molecule has 5 N–H and O–H groups in total. The third-order valence-corrected chi connectivity index (χ3v) is 4.89. The lowest BCUT2D eigenvalue weighted by molar-refractivity contribution is 0.0602. The van der Waals surface area contributed by atoms with E-state index in [4.69, 9.17) is 9.72 Å². The van der Waals surface area contributed by atoms with Crippen LogP contribution in [0.5, 0.6) is 5.88 Å². The quantitative estimate of drug-likeness (QED) is 0.358. The van der Waals surface area contributed by atoms with Crippen molar-refractivity contribution < 1.29 is 20.1 Å². The fourth-order valence-corrected chi connectivity index (χ4v) is 3.42. The van der Waals surface area contributed by atoms with Gasteiger partial charge in [-0.1, -0.05) is 0 Å². The number of nitrogens with one attached hydrogen (secondary N) is 2. The van der Waals surface area contributed by atoms with Gasteiger partial charge in [-0.2, -0.15) is 0 Å². The number of hydrogen-bond donors (Lipinski definition) is 5. The highest BCUT2D eigenvalue weighted by Crippen LogP contribution is 2.26. The first kappa shape index (κ1) is 23.1. The lowest BCUT2D eigenvalue weighted by Gasteiger charge is -2.37. The molecule has 0 aliphatic carbocycles. The highest BCUT2D eigenvalue weighted by molar-refractivity contribution is 5.55. The highest BCUT2D eigenvalue weighted by Gasteiger charge is 2.26. The molecule has 9 nitrogen and oxygen atoms in total. The van der Waals surface area contributed by atoms with E-state index in [1.807, 2.05) is 12.1 Å². The maximum atomic E-state index is 9.65. The second-order valence-corrected chi connectivity index (χ2v) is 8.29. The minimum Gasteiger partial charge on any atom is -0.468 e. The van der Waals surface area contributed by atoms with Gasteiger partial charge in [0.1, 0.15) is 17.7 Å². The molecule has 1 saturated heterocycles. The maximum absolute atomic E-state index is 9.65. The third-order valence-electron chi connectivity index (χ3n) is 4.89. The van der Waals surface area contributed by atoms with Crippen LogP contribution in [0.15, 0.2) is 30.5 Å². The zero-order valence-corrected chi connectivity index (χ0v) is 18.3. The smallest absolute Gasteiger partial charge is 0.237 e. The van der Waals surface area contributed by atoms with Crippen LogP contribution in [0.2, 0.25) is 0 Å². The lowest BCUT2D eigenvalue weighted by Crippen LogP contribution is -2.51. The van der Waals surface area contributed by atoms with E-state index in [1.54, 1.807) is 12.3 Å². The Morgan fingerprint density at radius 2 is 1.90 bits per heavy atom. The van der Waals surface area contributed by atoms with Gasteiger partial charge in [0, 0.05) is 31.4 Å². The SMILES string of the molecule is CC(C)Nc1cc(CC(C)Nc2cccnc2OC(CO)CO)cc(N2CC(O)C2)n1. The van der Waals surface area contributed by atoms with Gasteiger partial charge in [-0.25, -0.2) is 9.97 Å². The van der Waals surface area contributed by atoms with Crippen LogP contribution in [-0.2, 0) is 6.42 Å². The average Bonchev–Trinajstić information content (AvgIpc) is 2.70. The van der Waals surface area contributed by atoms with Crippen molar-refractivity contribution in [2.24, 2.45) is 0 Å². The number of anilines is 3. The van der Waals surface area contributed by atoms with Crippen molar-refractivity contribution >= 4 is 17.3 Å². The fraction of sp³-hybridized carbons (Fsp3) is 0.545. The van der Waals surface area contributed by atoms with Gasteiger partial charge in [0.2, 0.25) is 5.88 Å². The number of pyridine rings is 2. The molecule has 2 aromatic rings. The summed E-state index contributed by atoms with van der Waals surface area (Å²) in [4.78, 5) is 11.0. The Labute approximate surface area is 183 Å². The van der Waals surface area contributed by atoms with Gasteiger partial charge in [0.05, 0.1) is 25.0 Å². The van der Waals surface area contributed by atoms with Crippen LogP contribution in [0.1, 0.15) is 26.3 Å². The first-order valence-corrected chi connectivity index (χ1v) is 10.7. The Bertz CT molecular complexity index is 840. The maximum Gasteiger partial charge on any atom is 0.237 e. The van der Waals surface area contributed by atoms with E-state index >= 15 is 0 Å². The van der Waals surface area contributed by atoms with Gasteiger partial charge in [0.15, 0.2) is 0 Å². The van der Waals surface area contributed by atoms with Crippen molar-refractivity contribution in [3.05, 3.63) is 36.0 Å². The fourth-order valence-electron chi connectivity index (χ4n) is 3.42. The third kappa shape index (κ3) is 6.43. The molecular formula is C22H33N5O4. The van der Waals surface area contributed by atoms with Gasteiger partial charge in [-0.3, -0.25) is 0 Å². The molecule has 1 aliphatic heterocycles. The second kappa shape index (κ2) is 10.6. The number of aliphatic hydroxyl groups excluding tert-OH is 3. The van der Waals surface area contributed by atoms with E-state index in [2.05, 4.69) is 47.4 Å². The number of aliphatic hydroxyl groups is 3. The van der Waals surface area contributed by atoms with E-state index in [0.29, 0.717) is 24.7 Å². The molecule has 1 atom stereocenters. The molecule has 0 aromatic carbocycles. The van der Waals surface area contributed by atoms with Crippen molar-refractivity contribution in [1.29, 1.82) is 0 Å². The van der Waals surface area contributed by atoms with Gasteiger partial charge in [-0.05, 0) is 57.0 Å². The highest BCUT2D eigenvalue weighted by atomic mass is 16.5. The van der Waals surface area contributed by atoms with E-state index in [-0.39, 0.29) is 31.4 Å². The van der Waals surface area contributed by atoms with E-state index in [1.165, 1.54) is 0 Å². The number of β-amino-alcohol motifs (C(OH)–C–C–N with tert-alkyl or cyclic N) is 1. The summed E-state index contributed by atoms with van der Waals surface area (Å²) in [5.41, 5.74) is 1.81. The summed E-state index contributed by atoms with van der Waals surface area (Å²) >= 11 is 0. The summed E-state index contributed by atoms with van der Waals surface area (Å²) in [6, 6.07) is 8.08. The molecule has 170 valence electrons. The Balaban J connectivity index is 1.73. The van der Waals surface area contributed by atoms with E-state index in [9.17, 15) is 15.3 Å². The number of nitrogens with zero attached hydrogens (tertiary/aromatic N) is 3. The molecule has 0 radical (unpaired) electrons. The van der Waals surface area contributed by atoms with Gasteiger partial charge in [-0.15, -0.1) is 0 Å². The molecule has 9 heteroatoms. The first-order chi connectivity index (χ1) is 14.9. The molecule has 0 spiro atoms. The lowest BCUT2D eigenvalue weighted by atomic mass is 10.1. The van der Waals surface area contributed by atoms with Crippen molar-refractivity contribution in [3.8, 4) is 5.88 Å². The molecule has 3 rings (SSSR count). The molecule has 3 heterocycles. The average molecular weight is 432 g/mol. The number of aromatic nitrogens is 2. The number of ether oxygens (including phenoxy) is 1. The van der Waals surface area contributed by atoms with Crippen molar-refractivity contribution in [2.45, 2.75) is 51.5 Å². The monoisotopic (exact) mass is 431 g/mol. The van der Waals surface area contributed by atoms with Crippen LogP contribution >= 0.6 is 0 Å². The van der Waals surface area contributed by atoms with Gasteiger partial charge >= 0.3 is 0 Å². The predicted octanol–water partition coefficient (Wildman–Crippen LogP) is 1.25. The van der Waals surface area contributed by atoms with Crippen LogP contribution < -0.4 is 20.3 Å². The van der Waals surface area contributed by atoms with E-state index in [0.717, 1.165) is 23.6 Å². The summed E-state index contributed by atoms with van der Waals surface area (Å²) in [6.45, 7) is 6.81. The number of hydrogen-bond acceptors (Lipinski definition) is 9. The van der Waals surface area contributed by atoms with Crippen LogP contribution in [-0.4, -0.2) is 75.9 Å². The van der Waals surface area contributed by atoms with Crippen molar-refractivity contribution in [2.75, 3.05) is 41.8 Å². The zero-order valence-electron chi connectivity index (χ0n) is 18.3. The standard InChI is InChI=1S/C22H33N5O4/c1-14(2)24-20-8-16(9-21(26-20)27-10-17(30)11-27)7-15(3)25-19-5-4-6-23-22(19)31-18(12-28)13-29/h4-6,8-9,14-15,17-18,25,28-30H,7,10-13H2,1-3H3,(H,24,26). The summed E-state index contributed by atoms with van der Waals surface area (Å²) in [5.74, 6) is 2.02. The van der Waals surface area contributed by atoms with Gasteiger partial charge in [0.25, 0.3) is 0 Å². The van der Waals surface area contributed by atoms with Crippen LogP contribution in [0.25, 0.3) is 0 Å². The minimum atomic E-state index is -0.718. The Morgan fingerprint density at radius 3 is 2.55 bits per heavy atom. The largest absolute Gasteiger partial charge is 0.468 e. The minimum absolute atomic E-state index is 0.0531. The Hall–Kier alpha value is -2.62. The summed E-state index contributed by atoms with van der Waals surface area (Å²) in [6.07, 6.45) is 1.33. The molecular weight excluding hydrogens is 398 g/mol. The first-order valence-electron chi connectivity index (χ1n) is 10.7. The molecule has 2 aromatic heterocycles. The summed E-state index contributed by atoms with van der Waals surface area (Å²) in [7, 11) is 0.